The number of hydrogen-bond acceptors (Lipinski definition) is 3. The van der Waals surface area contributed by atoms with E-state index in [-0.39, 0.29) is 11.8 Å². The molecular weight excluding hydrogens is 324 g/mol. The van der Waals surface area contributed by atoms with Gasteiger partial charge in [-0.1, -0.05) is 12.1 Å². The van der Waals surface area contributed by atoms with Gasteiger partial charge in [0.2, 0.25) is 15.9 Å². The average Bonchev–Trinajstić information content (AvgIpc) is 3.11. The summed E-state index contributed by atoms with van der Waals surface area (Å²) < 4.78 is 27.6. The zero-order chi connectivity index (χ0) is 17.3. The van der Waals surface area contributed by atoms with Crippen LogP contribution >= 0.6 is 0 Å². The summed E-state index contributed by atoms with van der Waals surface area (Å²) in [6, 6.07) is 5.50. The highest BCUT2D eigenvalue weighted by Crippen LogP contribution is 2.28. The highest BCUT2D eigenvalue weighted by atomic mass is 32.2. The minimum Gasteiger partial charge on any atom is -0.342 e. The smallest absolute Gasteiger partial charge is 0.243 e. The molecule has 1 atom stereocenters. The van der Waals surface area contributed by atoms with E-state index in [1.807, 2.05) is 30.9 Å². The lowest BCUT2D eigenvalue weighted by molar-refractivity contribution is -0.135. The maximum atomic E-state index is 13.1. The molecule has 2 aliphatic heterocycles. The molecule has 0 aliphatic carbocycles. The number of sulfonamides is 1. The quantitative estimate of drug-likeness (QED) is 0.841. The third-order valence-corrected chi connectivity index (χ3v) is 7.12. The molecule has 0 aromatic heterocycles. The van der Waals surface area contributed by atoms with Gasteiger partial charge in [-0.3, -0.25) is 4.79 Å². The van der Waals surface area contributed by atoms with E-state index in [2.05, 4.69) is 0 Å². The normalized spacial score (nSPS) is 22.8. The van der Waals surface area contributed by atoms with Crippen LogP contribution in [0.5, 0.6) is 0 Å². The fraction of sp³-hybridized carbons (Fsp3) is 0.611. The Labute approximate surface area is 144 Å². The van der Waals surface area contributed by atoms with Crippen LogP contribution in [-0.4, -0.2) is 49.7 Å². The van der Waals surface area contributed by atoms with Gasteiger partial charge in [0.1, 0.15) is 0 Å². The summed E-state index contributed by atoms with van der Waals surface area (Å²) in [5, 5.41) is 0. The maximum Gasteiger partial charge on any atom is 0.243 e. The first-order chi connectivity index (χ1) is 11.4. The van der Waals surface area contributed by atoms with Crippen LogP contribution in [-0.2, 0) is 14.8 Å². The molecule has 1 amide bonds. The zero-order valence-corrected chi connectivity index (χ0v) is 15.3. The van der Waals surface area contributed by atoms with E-state index in [0.717, 1.165) is 49.9 Å². The fourth-order valence-corrected chi connectivity index (χ4v) is 5.52. The van der Waals surface area contributed by atoms with Crippen molar-refractivity contribution in [3.8, 4) is 0 Å². The van der Waals surface area contributed by atoms with Crippen LogP contribution in [0.25, 0.3) is 0 Å². The average molecular weight is 350 g/mol. The second-order valence-electron chi connectivity index (χ2n) is 7.00. The molecule has 0 saturated carbocycles. The van der Waals surface area contributed by atoms with E-state index in [1.165, 1.54) is 4.31 Å². The SMILES string of the molecule is Cc1ccc(C)c(S(=O)(=O)N2CCCC(C(=O)N3CCCC3)C2)c1. The lowest BCUT2D eigenvalue weighted by atomic mass is 9.98. The number of nitrogens with zero attached hydrogens (tertiary/aromatic N) is 2. The standard InChI is InChI=1S/C18H26N2O3S/c1-14-7-8-15(2)17(12-14)24(22,23)20-11-5-6-16(13-20)18(21)19-9-3-4-10-19/h7-8,12,16H,3-6,9-11,13H2,1-2H3. The largest absolute Gasteiger partial charge is 0.342 e. The van der Waals surface area contributed by atoms with E-state index in [0.29, 0.717) is 18.0 Å². The predicted octanol–water partition coefficient (Wildman–Crippen LogP) is 2.33. The van der Waals surface area contributed by atoms with Crippen molar-refractivity contribution in [3.63, 3.8) is 0 Å². The van der Waals surface area contributed by atoms with Crippen LogP contribution < -0.4 is 0 Å². The topological polar surface area (TPSA) is 57.7 Å². The number of carbonyl (C=O) groups excluding carboxylic acids is 1. The van der Waals surface area contributed by atoms with E-state index in [9.17, 15) is 13.2 Å². The lowest BCUT2D eigenvalue weighted by Crippen LogP contribution is -2.46. The Morgan fingerprint density at radius 2 is 1.79 bits per heavy atom. The van der Waals surface area contributed by atoms with Gasteiger partial charge in [0, 0.05) is 26.2 Å². The summed E-state index contributed by atoms with van der Waals surface area (Å²) in [5.41, 5.74) is 1.69. The van der Waals surface area contributed by atoms with E-state index >= 15 is 0 Å². The van der Waals surface area contributed by atoms with Crippen molar-refractivity contribution in [2.75, 3.05) is 26.2 Å². The highest BCUT2D eigenvalue weighted by molar-refractivity contribution is 7.89. The highest BCUT2D eigenvalue weighted by Gasteiger charge is 2.36. The number of carbonyl (C=O) groups is 1. The Kier molecular flexibility index (Phi) is 4.97. The first-order valence-corrected chi connectivity index (χ1v) is 10.2. The molecular formula is C18H26N2O3S. The monoisotopic (exact) mass is 350 g/mol. The molecule has 2 saturated heterocycles. The van der Waals surface area contributed by atoms with Crippen molar-refractivity contribution in [2.45, 2.75) is 44.4 Å². The first-order valence-electron chi connectivity index (χ1n) is 8.76. The summed E-state index contributed by atoms with van der Waals surface area (Å²) in [7, 11) is -3.54. The van der Waals surface area contributed by atoms with Gasteiger partial charge in [-0.25, -0.2) is 8.42 Å². The number of rotatable bonds is 3. The molecule has 6 heteroatoms. The second kappa shape index (κ2) is 6.84. The molecule has 24 heavy (non-hydrogen) atoms. The van der Waals surface area contributed by atoms with Gasteiger partial charge in [-0.15, -0.1) is 0 Å². The number of aryl methyl sites for hydroxylation is 2. The zero-order valence-electron chi connectivity index (χ0n) is 14.5. The molecule has 132 valence electrons. The van der Waals surface area contributed by atoms with Crippen LogP contribution in [0, 0.1) is 19.8 Å². The Morgan fingerprint density at radius 1 is 1.08 bits per heavy atom. The van der Waals surface area contributed by atoms with Gasteiger partial charge >= 0.3 is 0 Å². The van der Waals surface area contributed by atoms with Gasteiger partial charge in [0.05, 0.1) is 10.8 Å². The Hall–Kier alpha value is -1.40. The molecule has 2 fully saturated rings. The Balaban J connectivity index is 1.80. The molecule has 2 aliphatic rings. The van der Waals surface area contributed by atoms with Crippen LogP contribution in [0.3, 0.4) is 0 Å². The molecule has 3 rings (SSSR count). The summed E-state index contributed by atoms with van der Waals surface area (Å²) in [6.07, 6.45) is 3.65. The molecule has 0 radical (unpaired) electrons. The van der Waals surface area contributed by atoms with Gasteiger partial charge in [-0.05, 0) is 56.7 Å². The third kappa shape index (κ3) is 3.35. The molecule has 0 N–H and O–H groups in total. The Morgan fingerprint density at radius 3 is 2.50 bits per heavy atom. The van der Waals surface area contributed by atoms with Crippen molar-refractivity contribution in [2.24, 2.45) is 5.92 Å². The first kappa shape index (κ1) is 17.4. The lowest BCUT2D eigenvalue weighted by Gasteiger charge is -2.33. The molecule has 5 nitrogen and oxygen atoms in total. The van der Waals surface area contributed by atoms with Gasteiger partial charge in [-0.2, -0.15) is 4.31 Å². The van der Waals surface area contributed by atoms with Gasteiger partial charge < -0.3 is 4.90 Å². The minimum absolute atomic E-state index is 0.133. The van der Waals surface area contributed by atoms with Gasteiger partial charge in [0.15, 0.2) is 0 Å². The summed E-state index contributed by atoms with van der Waals surface area (Å²) in [5.74, 6) is -0.0647. The number of hydrogen-bond donors (Lipinski definition) is 0. The second-order valence-corrected chi connectivity index (χ2v) is 8.91. The van der Waals surface area contributed by atoms with Crippen LogP contribution in [0.15, 0.2) is 23.1 Å². The van der Waals surface area contributed by atoms with Crippen molar-refractivity contribution >= 4 is 15.9 Å². The Bertz CT molecular complexity index is 724. The van der Waals surface area contributed by atoms with Crippen molar-refractivity contribution in [1.82, 2.24) is 9.21 Å². The van der Waals surface area contributed by atoms with Crippen LogP contribution in [0.4, 0.5) is 0 Å². The predicted molar refractivity (Wildman–Crippen MR) is 93.2 cm³/mol. The molecule has 2 heterocycles. The minimum atomic E-state index is -3.54. The molecule has 1 aromatic rings. The maximum absolute atomic E-state index is 13.1. The number of benzene rings is 1. The molecule has 0 spiro atoms. The van der Waals surface area contributed by atoms with Crippen LogP contribution in [0.1, 0.15) is 36.8 Å². The summed E-state index contributed by atoms with van der Waals surface area (Å²) >= 11 is 0. The molecule has 1 unspecified atom stereocenters. The van der Waals surface area contributed by atoms with Crippen molar-refractivity contribution < 1.29 is 13.2 Å². The number of piperidine rings is 1. The number of amides is 1. The van der Waals surface area contributed by atoms with Crippen molar-refractivity contribution in [1.29, 1.82) is 0 Å². The third-order valence-electron chi connectivity index (χ3n) is 5.11. The van der Waals surface area contributed by atoms with E-state index in [4.69, 9.17) is 0 Å². The fourth-order valence-electron chi connectivity index (χ4n) is 3.68. The summed E-state index contributed by atoms with van der Waals surface area (Å²) in [6.45, 7) is 6.17. The van der Waals surface area contributed by atoms with Crippen molar-refractivity contribution in [3.05, 3.63) is 29.3 Å². The van der Waals surface area contributed by atoms with Crippen LogP contribution in [0.2, 0.25) is 0 Å². The number of likely N-dealkylation sites (tertiary alicyclic amines) is 1. The summed E-state index contributed by atoms with van der Waals surface area (Å²) in [4.78, 5) is 14.9. The van der Waals surface area contributed by atoms with Gasteiger partial charge in [0.25, 0.3) is 0 Å². The van der Waals surface area contributed by atoms with E-state index < -0.39 is 10.0 Å². The molecule has 0 bridgehead atoms. The molecule has 1 aromatic carbocycles. The van der Waals surface area contributed by atoms with E-state index in [1.54, 1.807) is 6.07 Å².